The first-order chi connectivity index (χ1) is 13.3. The number of likely N-dealkylation sites (tertiary alicyclic amines) is 2. The molecule has 7 heteroatoms. The van der Waals surface area contributed by atoms with Gasteiger partial charge in [0.25, 0.3) is 11.5 Å². The van der Waals surface area contributed by atoms with Crippen LogP contribution in [0.3, 0.4) is 0 Å². The van der Waals surface area contributed by atoms with Gasteiger partial charge in [-0.05, 0) is 31.0 Å². The Morgan fingerprint density at radius 2 is 1.71 bits per heavy atom. The topological polar surface area (TPSA) is 67.5 Å². The maximum atomic E-state index is 13.1. The molecule has 0 radical (unpaired) electrons. The van der Waals surface area contributed by atoms with Crippen molar-refractivity contribution in [3.63, 3.8) is 0 Å². The van der Waals surface area contributed by atoms with E-state index in [9.17, 15) is 14.4 Å². The predicted octanol–water partition coefficient (Wildman–Crippen LogP) is 0.767. The number of amides is 1. The Morgan fingerprint density at radius 1 is 1.00 bits per heavy atom. The molecule has 3 heterocycles. The van der Waals surface area contributed by atoms with Crippen molar-refractivity contribution in [3.05, 3.63) is 68.0 Å². The van der Waals surface area contributed by atoms with Gasteiger partial charge in [-0.15, -0.1) is 0 Å². The molecule has 1 amide bonds. The molecule has 7 nitrogen and oxygen atoms in total. The zero-order valence-corrected chi connectivity index (χ0v) is 16.8. The van der Waals surface area contributed by atoms with E-state index in [1.165, 1.54) is 35.9 Å². The van der Waals surface area contributed by atoms with Crippen LogP contribution in [0.4, 0.5) is 0 Å². The van der Waals surface area contributed by atoms with E-state index in [1.807, 2.05) is 11.0 Å². The molecule has 2 aliphatic rings. The minimum Gasteiger partial charge on any atom is -0.337 e. The number of rotatable bonds is 2. The van der Waals surface area contributed by atoms with Crippen LogP contribution in [0.5, 0.6) is 0 Å². The third-order valence-electron chi connectivity index (χ3n) is 6.43. The molecular formula is C21H26N4O3. The van der Waals surface area contributed by atoms with Gasteiger partial charge in [0.1, 0.15) is 5.69 Å². The molecule has 0 saturated carbocycles. The average molecular weight is 382 g/mol. The lowest BCUT2D eigenvalue weighted by Crippen LogP contribution is -2.42. The summed E-state index contributed by atoms with van der Waals surface area (Å²) in [6, 6.07) is 9.96. The van der Waals surface area contributed by atoms with Crippen LogP contribution in [0.15, 0.2) is 39.9 Å². The zero-order valence-electron chi connectivity index (χ0n) is 16.8. The fraction of sp³-hybridized carbons (Fsp3) is 0.476. The van der Waals surface area contributed by atoms with Gasteiger partial charge in [-0.1, -0.05) is 24.3 Å². The molecule has 28 heavy (non-hydrogen) atoms. The molecule has 2 saturated heterocycles. The summed E-state index contributed by atoms with van der Waals surface area (Å²) in [4.78, 5) is 41.5. The van der Waals surface area contributed by atoms with E-state index in [2.05, 4.69) is 37.1 Å². The summed E-state index contributed by atoms with van der Waals surface area (Å²) in [6.07, 6.45) is 0. The number of hydrogen-bond acceptors (Lipinski definition) is 4. The number of carbonyl (C=O) groups excluding carboxylic acids is 1. The number of hydrogen-bond donors (Lipinski definition) is 0. The van der Waals surface area contributed by atoms with Crippen molar-refractivity contribution in [2.75, 3.05) is 26.7 Å². The number of carbonyl (C=O) groups is 1. The second kappa shape index (κ2) is 6.74. The molecule has 0 bridgehead atoms. The van der Waals surface area contributed by atoms with Crippen LogP contribution >= 0.6 is 0 Å². The Hall–Kier alpha value is -2.67. The van der Waals surface area contributed by atoms with E-state index in [1.54, 1.807) is 0 Å². The van der Waals surface area contributed by atoms with E-state index < -0.39 is 11.2 Å². The normalized spacial score (nSPS) is 24.6. The Bertz CT molecular complexity index is 1050. The number of aromatic nitrogens is 2. The van der Waals surface area contributed by atoms with Crippen molar-refractivity contribution in [2.24, 2.45) is 25.9 Å². The van der Waals surface area contributed by atoms with Gasteiger partial charge in [-0.2, -0.15) is 0 Å². The number of aryl methyl sites for hydroxylation is 1. The lowest BCUT2D eigenvalue weighted by atomic mass is 9.88. The molecule has 2 aromatic rings. The number of nitrogens with zero attached hydrogens (tertiary/aromatic N) is 4. The second-order valence-corrected chi connectivity index (χ2v) is 8.14. The minimum atomic E-state index is -0.479. The number of benzene rings is 1. The summed E-state index contributed by atoms with van der Waals surface area (Å²) in [7, 11) is 5.10. The van der Waals surface area contributed by atoms with E-state index >= 15 is 0 Å². The summed E-state index contributed by atoms with van der Waals surface area (Å²) < 4.78 is 2.28. The minimum absolute atomic E-state index is 0.161. The van der Waals surface area contributed by atoms with Gasteiger partial charge in [-0.25, -0.2) is 4.79 Å². The van der Waals surface area contributed by atoms with E-state index in [0.29, 0.717) is 24.9 Å². The molecule has 0 N–H and O–H groups in total. The Labute approximate surface area is 163 Å². The van der Waals surface area contributed by atoms with Crippen molar-refractivity contribution in [1.29, 1.82) is 0 Å². The molecule has 148 valence electrons. The van der Waals surface area contributed by atoms with Crippen molar-refractivity contribution >= 4 is 5.91 Å². The van der Waals surface area contributed by atoms with Gasteiger partial charge in [0.05, 0.1) is 0 Å². The molecule has 4 rings (SSSR count). The van der Waals surface area contributed by atoms with Gasteiger partial charge in [0.15, 0.2) is 0 Å². The fourth-order valence-electron chi connectivity index (χ4n) is 4.91. The largest absolute Gasteiger partial charge is 0.337 e. The van der Waals surface area contributed by atoms with E-state index in [0.717, 1.165) is 11.1 Å². The highest BCUT2D eigenvalue weighted by atomic mass is 16.2. The predicted molar refractivity (Wildman–Crippen MR) is 106 cm³/mol. The first kappa shape index (κ1) is 18.7. The molecule has 1 aromatic heterocycles. The van der Waals surface area contributed by atoms with Crippen LogP contribution in [-0.4, -0.2) is 51.5 Å². The summed E-state index contributed by atoms with van der Waals surface area (Å²) in [5.41, 5.74) is 1.80. The molecule has 2 aliphatic heterocycles. The van der Waals surface area contributed by atoms with Crippen LogP contribution in [0, 0.1) is 18.8 Å². The molecule has 0 unspecified atom stereocenters. The van der Waals surface area contributed by atoms with Crippen molar-refractivity contribution < 1.29 is 4.79 Å². The van der Waals surface area contributed by atoms with Crippen LogP contribution in [-0.2, 0) is 14.1 Å². The van der Waals surface area contributed by atoms with Crippen LogP contribution in [0.1, 0.15) is 27.7 Å². The first-order valence-corrected chi connectivity index (χ1v) is 9.61. The molecule has 0 spiro atoms. The second-order valence-electron chi connectivity index (χ2n) is 8.14. The molecule has 2 fully saturated rings. The van der Waals surface area contributed by atoms with Crippen LogP contribution < -0.4 is 11.2 Å². The fourth-order valence-corrected chi connectivity index (χ4v) is 4.91. The molecule has 0 aliphatic carbocycles. The monoisotopic (exact) mass is 382 g/mol. The lowest BCUT2D eigenvalue weighted by molar-refractivity contribution is 0.0756. The molecule has 3 atom stereocenters. The summed E-state index contributed by atoms with van der Waals surface area (Å²) >= 11 is 0. The highest BCUT2D eigenvalue weighted by Crippen LogP contribution is 2.45. The molecular weight excluding hydrogens is 356 g/mol. The van der Waals surface area contributed by atoms with Gasteiger partial charge in [0.2, 0.25) is 0 Å². The Morgan fingerprint density at radius 3 is 2.43 bits per heavy atom. The maximum Gasteiger partial charge on any atom is 0.331 e. The Kier molecular flexibility index (Phi) is 4.50. The van der Waals surface area contributed by atoms with Gasteiger partial charge >= 0.3 is 5.69 Å². The first-order valence-electron chi connectivity index (χ1n) is 9.61. The average Bonchev–Trinajstić information content (AvgIpc) is 3.20. The van der Waals surface area contributed by atoms with Gasteiger partial charge in [-0.3, -0.25) is 23.6 Å². The highest BCUT2D eigenvalue weighted by molar-refractivity contribution is 5.92. The SMILES string of the molecule is Cc1ccccc1[C@H]1[C@@H]2CN(C(=O)c3cc(=O)n(C)c(=O)n3C)C[C@@H]2CN1C. The smallest absolute Gasteiger partial charge is 0.331 e. The Balaban J connectivity index is 1.63. The maximum absolute atomic E-state index is 13.1. The van der Waals surface area contributed by atoms with E-state index in [-0.39, 0.29) is 17.6 Å². The summed E-state index contributed by atoms with van der Waals surface area (Å²) in [5.74, 6) is 0.499. The standard InChI is InChI=1S/C21H26N4O3/c1-13-7-5-6-8-15(13)19-16-12-25(11-14(16)10-22(19)2)20(27)17-9-18(26)24(4)21(28)23(17)3/h5-9,14,16,19H,10-12H2,1-4H3/t14-,16+,19-/m0/s1. The van der Waals surface area contributed by atoms with E-state index in [4.69, 9.17) is 0 Å². The molecule has 1 aromatic carbocycles. The lowest BCUT2D eigenvalue weighted by Gasteiger charge is -2.28. The quantitative estimate of drug-likeness (QED) is 0.769. The van der Waals surface area contributed by atoms with Gasteiger partial charge in [0, 0.05) is 51.8 Å². The van der Waals surface area contributed by atoms with Crippen molar-refractivity contribution in [1.82, 2.24) is 18.9 Å². The zero-order chi connectivity index (χ0) is 20.2. The summed E-state index contributed by atoms with van der Waals surface area (Å²) in [6.45, 7) is 4.35. The summed E-state index contributed by atoms with van der Waals surface area (Å²) in [5, 5.41) is 0. The van der Waals surface area contributed by atoms with Crippen molar-refractivity contribution in [3.8, 4) is 0 Å². The highest BCUT2D eigenvalue weighted by Gasteiger charge is 2.47. The van der Waals surface area contributed by atoms with Crippen LogP contribution in [0.25, 0.3) is 0 Å². The third-order valence-corrected chi connectivity index (χ3v) is 6.43. The number of fused-ring (bicyclic) bond motifs is 1. The van der Waals surface area contributed by atoms with Gasteiger partial charge < -0.3 is 4.90 Å². The third kappa shape index (κ3) is 2.81. The van der Waals surface area contributed by atoms with Crippen molar-refractivity contribution in [2.45, 2.75) is 13.0 Å². The van der Waals surface area contributed by atoms with Crippen LogP contribution in [0.2, 0.25) is 0 Å².